The van der Waals surface area contributed by atoms with Crippen LogP contribution in [0.4, 0.5) is 5.69 Å². The largest absolute Gasteiger partial charge is 0.508 e. The summed E-state index contributed by atoms with van der Waals surface area (Å²) in [5.41, 5.74) is 1.75. The van der Waals surface area contributed by atoms with Crippen molar-refractivity contribution >= 4 is 23.2 Å². The predicted molar refractivity (Wildman–Crippen MR) is 74.8 cm³/mol. The van der Waals surface area contributed by atoms with Gasteiger partial charge >= 0.3 is 0 Å². The van der Waals surface area contributed by atoms with Crippen LogP contribution in [0.2, 0.25) is 5.15 Å². The molecule has 0 aliphatic rings. The van der Waals surface area contributed by atoms with Crippen LogP contribution < -0.4 is 4.90 Å². The molecule has 2 rings (SSSR count). The van der Waals surface area contributed by atoms with Gasteiger partial charge in [-0.1, -0.05) is 17.7 Å². The van der Waals surface area contributed by atoms with Crippen LogP contribution >= 0.6 is 11.6 Å². The van der Waals surface area contributed by atoms with Gasteiger partial charge in [0.1, 0.15) is 10.9 Å². The second-order valence-electron chi connectivity index (χ2n) is 4.20. The van der Waals surface area contributed by atoms with Crippen molar-refractivity contribution < 1.29 is 9.90 Å². The third-order valence-corrected chi connectivity index (χ3v) is 2.88. The number of phenols is 1. The molecular weight excluding hydrogens is 264 g/mol. The Morgan fingerprint density at radius 2 is 2.05 bits per heavy atom. The zero-order valence-electron chi connectivity index (χ0n) is 10.6. The number of amides is 1. The highest BCUT2D eigenvalue weighted by molar-refractivity contribution is 6.29. The third-order valence-electron chi connectivity index (χ3n) is 2.69. The summed E-state index contributed by atoms with van der Waals surface area (Å²) in [5.74, 6) is -0.0981. The molecule has 0 saturated heterocycles. The van der Waals surface area contributed by atoms with Crippen LogP contribution in [-0.4, -0.2) is 23.0 Å². The molecule has 0 saturated carbocycles. The Bertz CT molecular complexity index is 608. The summed E-state index contributed by atoms with van der Waals surface area (Å²) in [6.45, 7) is 1.77. The van der Waals surface area contributed by atoms with Crippen LogP contribution in [0, 0.1) is 6.92 Å². The molecule has 0 unspecified atom stereocenters. The Morgan fingerprint density at radius 1 is 1.32 bits per heavy atom. The van der Waals surface area contributed by atoms with Gasteiger partial charge in [-0.3, -0.25) is 4.79 Å². The zero-order chi connectivity index (χ0) is 14.0. The van der Waals surface area contributed by atoms with Gasteiger partial charge in [-0.25, -0.2) is 4.98 Å². The molecule has 1 amide bonds. The molecule has 5 heteroatoms. The standard InChI is InChI=1S/C14H13ClN2O2/c1-9-6-10(7-13(15)16-9)14(19)17(2)11-4-3-5-12(18)8-11/h3-8,18H,1-2H3. The molecule has 0 spiro atoms. The number of halogens is 1. The molecule has 19 heavy (non-hydrogen) atoms. The minimum Gasteiger partial charge on any atom is -0.508 e. The van der Waals surface area contributed by atoms with Crippen molar-refractivity contribution in [1.29, 1.82) is 0 Å². The molecule has 0 aliphatic carbocycles. The van der Waals surface area contributed by atoms with Crippen molar-refractivity contribution in [3.8, 4) is 5.75 Å². The lowest BCUT2D eigenvalue weighted by Gasteiger charge is -2.17. The topological polar surface area (TPSA) is 53.4 Å². The van der Waals surface area contributed by atoms with E-state index in [0.717, 1.165) is 0 Å². The molecule has 0 radical (unpaired) electrons. The summed E-state index contributed by atoms with van der Waals surface area (Å²) < 4.78 is 0. The van der Waals surface area contributed by atoms with Gasteiger partial charge in [0.2, 0.25) is 0 Å². The number of nitrogens with zero attached hydrogens (tertiary/aromatic N) is 2. The van der Waals surface area contributed by atoms with E-state index in [1.165, 1.54) is 17.0 Å². The fraction of sp³-hybridized carbons (Fsp3) is 0.143. The highest BCUT2D eigenvalue weighted by Gasteiger charge is 2.15. The maximum absolute atomic E-state index is 12.3. The number of hydrogen-bond acceptors (Lipinski definition) is 3. The fourth-order valence-corrected chi connectivity index (χ4v) is 2.01. The zero-order valence-corrected chi connectivity index (χ0v) is 11.3. The first kappa shape index (κ1) is 13.4. The van der Waals surface area contributed by atoms with E-state index in [1.807, 2.05) is 0 Å². The van der Waals surface area contributed by atoms with E-state index in [4.69, 9.17) is 11.6 Å². The van der Waals surface area contributed by atoms with E-state index in [2.05, 4.69) is 4.98 Å². The molecular formula is C14H13ClN2O2. The van der Waals surface area contributed by atoms with E-state index in [-0.39, 0.29) is 16.8 Å². The van der Waals surface area contributed by atoms with E-state index in [1.54, 1.807) is 38.2 Å². The summed E-state index contributed by atoms with van der Waals surface area (Å²) in [5, 5.41) is 9.72. The minimum atomic E-state index is -0.210. The number of phenolic OH excluding ortho intramolecular Hbond substituents is 1. The first-order chi connectivity index (χ1) is 8.97. The van der Waals surface area contributed by atoms with Crippen LogP contribution in [0.25, 0.3) is 0 Å². The highest BCUT2D eigenvalue weighted by Crippen LogP contribution is 2.21. The van der Waals surface area contributed by atoms with Gasteiger partial charge in [-0.2, -0.15) is 0 Å². The average Bonchev–Trinajstić information content (AvgIpc) is 2.36. The van der Waals surface area contributed by atoms with Gasteiger partial charge in [0.05, 0.1) is 0 Å². The first-order valence-corrected chi connectivity index (χ1v) is 6.06. The summed E-state index contributed by atoms with van der Waals surface area (Å²) in [6.07, 6.45) is 0. The Labute approximate surface area is 116 Å². The molecule has 98 valence electrons. The summed E-state index contributed by atoms with van der Waals surface area (Å²) in [7, 11) is 1.64. The molecule has 2 aromatic rings. The number of aromatic nitrogens is 1. The lowest BCUT2D eigenvalue weighted by Crippen LogP contribution is -2.26. The van der Waals surface area contributed by atoms with Crippen molar-refractivity contribution in [2.24, 2.45) is 0 Å². The molecule has 0 atom stereocenters. The van der Waals surface area contributed by atoms with Gasteiger partial charge in [0.25, 0.3) is 5.91 Å². The van der Waals surface area contributed by atoms with E-state index < -0.39 is 0 Å². The van der Waals surface area contributed by atoms with Crippen molar-refractivity contribution in [1.82, 2.24) is 4.98 Å². The Morgan fingerprint density at radius 3 is 2.68 bits per heavy atom. The number of anilines is 1. The van der Waals surface area contributed by atoms with Crippen molar-refractivity contribution in [3.63, 3.8) is 0 Å². The van der Waals surface area contributed by atoms with E-state index >= 15 is 0 Å². The van der Waals surface area contributed by atoms with Crippen LogP contribution in [0.3, 0.4) is 0 Å². The van der Waals surface area contributed by atoms with Gasteiger partial charge in [0, 0.05) is 30.1 Å². The summed E-state index contributed by atoms with van der Waals surface area (Å²) in [4.78, 5) is 17.8. The quantitative estimate of drug-likeness (QED) is 0.858. The van der Waals surface area contributed by atoms with Gasteiger partial charge in [-0.05, 0) is 31.2 Å². The van der Waals surface area contributed by atoms with Crippen LogP contribution in [-0.2, 0) is 0 Å². The normalized spacial score (nSPS) is 10.3. The number of rotatable bonds is 2. The van der Waals surface area contributed by atoms with Crippen molar-refractivity contribution in [2.75, 3.05) is 11.9 Å². The van der Waals surface area contributed by atoms with Crippen LogP contribution in [0.15, 0.2) is 36.4 Å². The van der Waals surface area contributed by atoms with Crippen LogP contribution in [0.5, 0.6) is 5.75 Å². The third kappa shape index (κ3) is 3.03. The first-order valence-electron chi connectivity index (χ1n) is 5.68. The Hall–Kier alpha value is -2.07. The molecule has 0 bridgehead atoms. The molecule has 0 aliphatic heterocycles. The van der Waals surface area contributed by atoms with Gasteiger partial charge < -0.3 is 10.0 Å². The monoisotopic (exact) mass is 276 g/mol. The lowest BCUT2D eigenvalue weighted by molar-refractivity contribution is 0.0993. The Kier molecular flexibility index (Phi) is 3.71. The smallest absolute Gasteiger partial charge is 0.258 e. The molecule has 4 nitrogen and oxygen atoms in total. The molecule has 1 N–H and O–H groups in total. The van der Waals surface area contributed by atoms with Gasteiger partial charge in [0.15, 0.2) is 0 Å². The van der Waals surface area contributed by atoms with Crippen molar-refractivity contribution in [2.45, 2.75) is 6.92 Å². The maximum Gasteiger partial charge on any atom is 0.258 e. The van der Waals surface area contributed by atoms with E-state index in [0.29, 0.717) is 16.9 Å². The molecule has 1 heterocycles. The number of pyridine rings is 1. The van der Waals surface area contributed by atoms with Crippen LogP contribution in [0.1, 0.15) is 16.1 Å². The number of hydrogen-bond donors (Lipinski definition) is 1. The number of aryl methyl sites for hydroxylation is 1. The molecule has 0 fully saturated rings. The lowest BCUT2D eigenvalue weighted by atomic mass is 10.2. The number of benzene rings is 1. The summed E-state index contributed by atoms with van der Waals surface area (Å²) >= 11 is 5.85. The minimum absolute atomic E-state index is 0.112. The maximum atomic E-state index is 12.3. The van der Waals surface area contributed by atoms with E-state index in [9.17, 15) is 9.90 Å². The average molecular weight is 277 g/mol. The number of aromatic hydroxyl groups is 1. The number of carbonyl (C=O) groups excluding carboxylic acids is 1. The predicted octanol–water partition coefficient (Wildman–Crippen LogP) is 3.03. The Balaban J connectivity index is 2.33. The second kappa shape index (κ2) is 5.28. The van der Waals surface area contributed by atoms with Gasteiger partial charge in [-0.15, -0.1) is 0 Å². The fourth-order valence-electron chi connectivity index (χ4n) is 1.76. The molecule has 1 aromatic heterocycles. The summed E-state index contributed by atoms with van der Waals surface area (Å²) in [6, 6.07) is 9.69. The van der Waals surface area contributed by atoms with Crippen molar-refractivity contribution in [3.05, 3.63) is 52.8 Å². The SMILES string of the molecule is Cc1cc(C(=O)N(C)c2cccc(O)c2)cc(Cl)n1. The second-order valence-corrected chi connectivity index (χ2v) is 4.59. The molecule has 1 aromatic carbocycles. The number of carbonyl (C=O) groups is 1. The highest BCUT2D eigenvalue weighted by atomic mass is 35.5.